The summed E-state index contributed by atoms with van der Waals surface area (Å²) < 4.78 is 4.90. The molecular formula is C16H18N6O3. The molecule has 3 rings (SSSR count). The second-order valence-electron chi connectivity index (χ2n) is 5.77. The van der Waals surface area contributed by atoms with Gasteiger partial charge in [0.25, 0.3) is 5.91 Å². The second kappa shape index (κ2) is 6.27. The maximum absolute atomic E-state index is 12.6. The van der Waals surface area contributed by atoms with Gasteiger partial charge in [0.1, 0.15) is 6.54 Å². The highest BCUT2D eigenvalue weighted by atomic mass is 16.4. The van der Waals surface area contributed by atoms with E-state index in [1.54, 1.807) is 16.9 Å². The van der Waals surface area contributed by atoms with Gasteiger partial charge in [0.2, 0.25) is 0 Å². The molecule has 0 aliphatic rings. The van der Waals surface area contributed by atoms with Crippen LogP contribution in [0.5, 0.6) is 0 Å². The molecule has 1 amide bonds. The van der Waals surface area contributed by atoms with Crippen molar-refractivity contribution in [3.8, 4) is 5.69 Å². The van der Waals surface area contributed by atoms with Crippen molar-refractivity contribution in [2.75, 3.05) is 5.32 Å². The zero-order valence-corrected chi connectivity index (χ0v) is 14.1. The molecule has 0 saturated carbocycles. The summed E-state index contributed by atoms with van der Waals surface area (Å²) in [5.41, 5.74) is 3.56. The Morgan fingerprint density at radius 1 is 1.20 bits per heavy atom. The zero-order chi connectivity index (χ0) is 18.1. The number of aromatic nitrogens is 5. The summed E-state index contributed by atoms with van der Waals surface area (Å²) >= 11 is 0. The molecule has 0 radical (unpaired) electrons. The van der Waals surface area contributed by atoms with Crippen LogP contribution in [-0.2, 0) is 18.4 Å². The minimum Gasteiger partial charge on any atom is -0.480 e. The van der Waals surface area contributed by atoms with Crippen molar-refractivity contribution in [3.63, 3.8) is 0 Å². The van der Waals surface area contributed by atoms with E-state index in [0.29, 0.717) is 11.3 Å². The highest BCUT2D eigenvalue weighted by Crippen LogP contribution is 2.21. The predicted octanol–water partition coefficient (Wildman–Crippen LogP) is 1.36. The third-order valence-corrected chi connectivity index (χ3v) is 3.81. The van der Waals surface area contributed by atoms with Gasteiger partial charge in [-0.15, -0.1) is 0 Å². The Kier molecular flexibility index (Phi) is 4.14. The molecule has 0 spiro atoms. The van der Waals surface area contributed by atoms with Gasteiger partial charge in [0, 0.05) is 30.8 Å². The lowest BCUT2D eigenvalue weighted by Gasteiger charge is -2.07. The minimum absolute atomic E-state index is 0.259. The molecular weight excluding hydrogens is 324 g/mol. The molecule has 0 aliphatic heterocycles. The monoisotopic (exact) mass is 342 g/mol. The van der Waals surface area contributed by atoms with Gasteiger partial charge in [-0.3, -0.25) is 19.0 Å². The van der Waals surface area contributed by atoms with Crippen LogP contribution < -0.4 is 5.32 Å². The number of anilines is 1. The first kappa shape index (κ1) is 16.5. The number of nitrogens with one attached hydrogen (secondary N) is 1. The molecule has 0 atom stereocenters. The van der Waals surface area contributed by atoms with Crippen LogP contribution in [0, 0.1) is 13.8 Å². The van der Waals surface area contributed by atoms with Gasteiger partial charge in [-0.1, -0.05) is 0 Å². The Morgan fingerprint density at radius 2 is 1.96 bits per heavy atom. The second-order valence-corrected chi connectivity index (χ2v) is 5.77. The minimum atomic E-state index is -0.999. The summed E-state index contributed by atoms with van der Waals surface area (Å²) in [5, 5.41) is 19.6. The van der Waals surface area contributed by atoms with Crippen molar-refractivity contribution >= 4 is 17.6 Å². The smallest absolute Gasteiger partial charge is 0.325 e. The van der Waals surface area contributed by atoms with E-state index in [9.17, 15) is 9.59 Å². The standard InChI is InChI=1S/C16H18N6O3/c1-10-4-14(11(2)22(10)13-6-17-20(3)8-13)16(25)19-12-5-18-21(7-12)9-15(23)24/h4-8H,9H2,1-3H3,(H,19,25)(H,23,24). The highest BCUT2D eigenvalue weighted by molar-refractivity contribution is 6.05. The fourth-order valence-corrected chi connectivity index (χ4v) is 2.77. The van der Waals surface area contributed by atoms with Gasteiger partial charge in [-0.25, -0.2) is 0 Å². The number of hydrogen-bond donors (Lipinski definition) is 2. The lowest BCUT2D eigenvalue weighted by atomic mass is 10.2. The molecule has 3 aromatic heterocycles. The van der Waals surface area contributed by atoms with Crippen LogP contribution in [0.15, 0.2) is 30.9 Å². The Labute approximate surface area is 143 Å². The van der Waals surface area contributed by atoms with Crippen LogP contribution in [0.25, 0.3) is 5.69 Å². The average molecular weight is 342 g/mol. The van der Waals surface area contributed by atoms with Crippen LogP contribution in [0.3, 0.4) is 0 Å². The van der Waals surface area contributed by atoms with Crippen LogP contribution in [0.4, 0.5) is 5.69 Å². The van der Waals surface area contributed by atoms with Crippen molar-refractivity contribution in [1.29, 1.82) is 0 Å². The first-order chi connectivity index (χ1) is 11.8. The van der Waals surface area contributed by atoms with E-state index in [1.165, 1.54) is 17.1 Å². The van der Waals surface area contributed by atoms with Crippen LogP contribution >= 0.6 is 0 Å². The number of aliphatic carboxylic acids is 1. The number of hydrogen-bond acceptors (Lipinski definition) is 4. The van der Waals surface area contributed by atoms with Gasteiger partial charge < -0.3 is 15.0 Å². The molecule has 0 bridgehead atoms. The average Bonchev–Trinajstić information content (AvgIpc) is 3.19. The Morgan fingerprint density at radius 3 is 2.60 bits per heavy atom. The fraction of sp³-hybridized carbons (Fsp3) is 0.250. The topological polar surface area (TPSA) is 107 Å². The van der Waals surface area contributed by atoms with Crippen LogP contribution in [-0.4, -0.2) is 41.1 Å². The van der Waals surface area contributed by atoms with E-state index in [0.717, 1.165) is 17.1 Å². The number of carbonyl (C=O) groups excluding carboxylic acids is 1. The maximum atomic E-state index is 12.6. The SMILES string of the molecule is Cc1cc(C(=O)Nc2cnn(CC(=O)O)c2)c(C)n1-c1cnn(C)c1. The summed E-state index contributed by atoms with van der Waals surface area (Å²) in [6, 6.07) is 1.80. The third kappa shape index (κ3) is 3.30. The largest absolute Gasteiger partial charge is 0.480 e. The third-order valence-electron chi connectivity index (χ3n) is 3.81. The summed E-state index contributed by atoms with van der Waals surface area (Å²) in [7, 11) is 1.83. The molecule has 0 aliphatic carbocycles. The van der Waals surface area contributed by atoms with Crippen molar-refractivity contribution in [3.05, 3.63) is 47.8 Å². The summed E-state index contributed by atoms with van der Waals surface area (Å²) in [6.07, 6.45) is 6.50. The number of aryl methyl sites for hydroxylation is 2. The van der Waals surface area contributed by atoms with E-state index in [1.807, 2.05) is 31.7 Å². The Hall–Kier alpha value is -3.36. The number of nitrogens with zero attached hydrogens (tertiary/aromatic N) is 5. The molecule has 0 aromatic carbocycles. The number of carboxylic acid groups (broad SMARTS) is 1. The van der Waals surface area contributed by atoms with Gasteiger partial charge in [0.05, 0.1) is 29.3 Å². The van der Waals surface area contributed by atoms with Crippen LogP contribution in [0.2, 0.25) is 0 Å². The van der Waals surface area contributed by atoms with Crippen molar-refractivity contribution < 1.29 is 14.7 Å². The molecule has 3 heterocycles. The lowest BCUT2D eigenvalue weighted by molar-refractivity contribution is -0.137. The number of carboxylic acids is 1. The molecule has 25 heavy (non-hydrogen) atoms. The quantitative estimate of drug-likeness (QED) is 0.728. The van der Waals surface area contributed by atoms with Crippen LogP contribution in [0.1, 0.15) is 21.7 Å². The van der Waals surface area contributed by atoms with E-state index < -0.39 is 5.97 Å². The van der Waals surface area contributed by atoms with E-state index in [2.05, 4.69) is 15.5 Å². The lowest BCUT2D eigenvalue weighted by Crippen LogP contribution is -2.13. The first-order valence-electron chi connectivity index (χ1n) is 7.58. The van der Waals surface area contributed by atoms with Crippen molar-refractivity contribution in [2.45, 2.75) is 20.4 Å². The van der Waals surface area contributed by atoms with Gasteiger partial charge in [-0.2, -0.15) is 10.2 Å². The van der Waals surface area contributed by atoms with Gasteiger partial charge in [0.15, 0.2) is 0 Å². The predicted molar refractivity (Wildman–Crippen MR) is 89.8 cm³/mol. The Balaban J connectivity index is 1.83. The zero-order valence-electron chi connectivity index (χ0n) is 14.1. The van der Waals surface area contributed by atoms with Gasteiger partial charge in [-0.05, 0) is 19.9 Å². The molecule has 9 nitrogen and oxygen atoms in total. The summed E-state index contributed by atoms with van der Waals surface area (Å²) in [4.78, 5) is 23.3. The Bertz CT molecular complexity index is 949. The first-order valence-corrected chi connectivity index (χ1v) is 7.58. The fourth-order valence-electron chi connectivity index (χ4n) is 2.77. The normalized spacial score (nSPS) is 10.8. The summed E-state index contributed by atoms with van der Waals surface area (Å²) in [6.45, 7) is 3.52. The van der Waals surface area contributed by atoms with E-state index in [4.69, 9.17) is 5.11 Å². The van der Waals surface area contributed by atoms with Gasteiger partial charge >= 0.3 is 5.97 Å². The molecule has 0 fully saturated rings. The molecule has 0 saturated heterocycles. The highest BCUT2D eigenvalue weighted by Gasteiger charge is 2.18. The molecule has 3 aromatic rings. The molecule has 2 N–H and O–H groups in total. The van der Waals surface area contributed by atoms with E-state index in [-0.39, 0.29) is 12.5 Å². The molecule has 9 heteroatoms. The number of rotatable bonds is 5. The number of carbonyl (C=O) groups is 2. The molecule has 0 unspecified atom stereocenters. The maximum Gasteiger partial charge on any atom is 0.325 e. The number of amides is 1. The summed E-state index contributed by atoms with van der Waals surface area (Å²) in [5.74, 6) is -1.28. The molecule has 130 valence electrons. The van der Waals surface area contributed by atoms with E-state index >= 15 is 0 Å². The van der Waals surface area contributed by atoms with Crippen molar-refractivity contribution in [1.82, 2.24) is 24.1 Å². The van der Waals surface area contributed by atoms with Crippen molar-refractivity contribution in [2.24, 2.45) is 7.05 Å².